The monoisotopic (exact) mass is 288 g/mol. The van der Waals surface area contributed by atoms with E-state index in [2.05, 4.69) is 5.32 Å². The molecule has 2 atom stereocenters. The molecule has 1 aromatic carbocycles. The Balaban J connectivity index is 2.78. The highest BCUT2D eigenvalue weighted by Gasteiger charge is 2.23. The minimum Gasteiger partial charge on any atom is -0.310 e. The van der Waals surface area contributed by atoms with Crippen molar-refractivity contribution in [3.63, 3.8) is 0 Å². The van der Waals surface area contributed by atoms with Gasteiger partial charge in [0.2, 0.25) is 0 Å². The van der Waals surface area contributed by atoms with Crippen molar-refractivity contribution in [2.24, 2.45) is 5.92 Å². The maximum Gasteiger partial charge on any atom is 0.251 e. The van der Waals surface area contributed by atoms with E-state index in [1.807, 2.05) is 13.8 Å². The maximum absolute atomic E-state index is 13.9. The van der Waals surface area contributed by atoms with Gasteiger partial charge >= 0.3 is 0 Å². The average Bonchev–Trinajstić information content (AvgIpc) is 2.35. The van der Waals surface area contributed by atoms with E-state index in [9.17, 15) is 13.2 Å². The number of rotatable bonds is 8. The lowest BCUT2D eigenvalue weighted by molar-refractivity contribution is 0.0908. The standard InChI is InChI=1S/C15H23F3N2/c1-4-19-15(12-7-5-6-8-13(12)16)11(2)9-20(3)10-14(17)18/h5-8,11,14-15,19H,4,9-10H2,1-3H3. The molecule has 0 heterocycles. The molecule has 0 amide bonds. The van der Waals surface area contributed by atoms with Gasteiger partial charge in [-0.25, -0.2) is 13.2 Å². The minimum absolute atomic E-state index is 0.0237. The number of hydrogen-bond donors (Lipinski definition) is 1. The smallest absolute Gasteiger partial charge is 0.251 e. The molecule has 2 nitrogen and oxygen atoms in total. The molecule has 2 unspecified atom stereocenters. The molecule has 5 heteroatoms. The highest BCUT2D eigenvalue weighted by Crippen LogP contribution is 2.25. The van der Waals surface area contributed by atoms with Gasteiger partial charge in [0.25, 0.3) is 6.43 Å². The summed E-state index contributed by atoms with van der Waals surface area (Å²) in [6.45, 7) is 4.81. The molecule has 0 bridgehead atoms. The topological polar surface area (TPSA) is 15.3 Å². The fraction of sp³-hybridized carbons (Fsp3) is 0.600. The van der Waals surface area contributed by atoms with Crippen LogP contribution in [0.5, 0.6) is 0 Å². The van der Waals surface area contributed by atoms with Crippen LogP contribution >= 0.6 is 0 Å². The predicted molar refractivity (Wildman–Crippen MR) is 75.5 cm³/mol. The Kier molecular flexibility index (Phi) is 7.02. The zero-order valence-corrected chi connectivity index (χ0v) is 12.2. The Morgan fingerprint density at radius 1 is 1.20 bits per heavy atom. The number of alkyl halides is 2. The molecule has 0 radical (unpaired) electrons. The van der Waals surface area contributed by atoms with Gasteiger partial charge in [0, 0.05) is 18.2 Å². The first-order chi connectivity index (χ1) is 9.45. The quantitative estimate of drug-likeness (QED) is 0.789. The van der Waals surface area contributed by atoms with Crippen molar-refractivity contribution in [2.75, 3.05) is 26.7 Å². The number of nitrogens with zero attached hydrogens (tertiary/aromatic N) is 1. The molecule has 0 fully saturated rings. The summed E-state index contributed by atoms with van der Waals surface area (Å²) in [5, 5.41) is 3.24. The molecule has 0 aliphatic rings. The molecule has 20 heavy (non-hydrogen) atoms. The molecule has 1 N–H and O–H groups in total. The van der Waals surface area contributed by atoms with E-state index >= 15 is 0 Å². The Bertz CT molecular complexity index is 398. The molecule has 1 aromatic rings. The lowest BCUT2D eigenvalue weighted by atomic mass is 9.93. The van der Waals surface area contributed by atoms with Crippen LogP contribution in [0.4, 0.5) is 13.2 Å². The van der Waals surface area contributed by atoms with E-state index in [0.29, 0.717) is 18.7 Å². The predicted octanol–water partition coefficient (Wildman–Crippen LogP) is 3.31. The number of hydrogen-bond acceptors (Lipinski definition) is 2. The first-order valence-electron chi connectivity index (χ1n) is 6.90. The van der Waals surface area contributed by atoms with E-state index in [4.69, 9.17) is 0 Å². The molecule has 0 spiro atoms. The van der Waals surface area contributed by atoms with Gasteiger partial charge in [-0.1, -0.05) is 32.0 Å². The highest BCUT2D eigenvalue weighted by atomic mass is 19.3. The fourth-order valence-electron chi connectivity index (χ4n) is 2.47. The molecular weight excluding hydrogens is 265 g/mol. The largest absolute Gasteiger partial charge is 0.310 e. The van der Waals surface area contributed by atoms with E-state index < -0.39 is 6.43 Å². The molecule has 0 saturated carbocycles. The van der Waals surface area contributed by atoms with Gasteiger partial charge < -0.3 is 10.2 Å². The Labute approximate surface area is 119 Å². The second kappa shape index (κ2) is 8.27. The highest BCUT2D eigenvalue weighted by molar-refractivity contribution is 5.22. The number of nitrogens with one attached hydrogen (secondary N) is 1. The summed E-state index contributed by atoms with van der Waals surface area (Å²) in [6, 6.07) is 6.43. The molecular formula is C15H23F3N2. The Morgan fingerprint density at radius 2 is 1.85 bits per heavy atom. The summed E-state index contributed by atoms with van der Waals surface area (Å²) < 4.78 is 38.6. The molecule has 114 valence electrons. The van der Waals surface area contributed by atoms with E-state index in [-0.39, 0.29) is 24.3 Å². The van der Waals surface area contributed by atoms with Crippen molar-refractivity contribution < 1.29 is 13.2 Å². The van der Waals surface area contributed by atoms with Gasteiger partial charge in [-0.2, -0.15) is 0 Å². The van der Waals surface area contributed by atoms with E-state index in [0.717, 1.165) is 0 Å². The second-order valence-electron chi connectivity index (χ2n) is 5.15. The Hall–Kier alpha value is -1.07. The van der Waals surface area contributed by atoms with Gasteiger partial charge in [-0.3, -0.25) is 0 Å². The maximum atomic E-state index is 13.9. The summed E-state index contributed by atoms with van der Waals surface area (Å²) >= 11 is 0. The summed E-state index contributed by atoms with van der Waals surface area (Å²) in [5.41, 5.74) is 0.590. The van der Waals surface area contributed by atoms with Crippen LogP contribution in [0.1, 0.15) is 25.5 Å². The van der Waals surface area contributed by atoms with Gasteiger partial charge in [0.15, 0.2) is 0 Å². The molecule has 0 aliphatic carbocycles. The second-order valence-corrected chi connectivity index (χ2v) is 5.15. The third kappa shape index (κ3) is 5.13. The van der Waals surface area contributed by atoms with Crippen molar-refractivity contribution in [1.82, 2.24) is 10.2 Å². The third-order valence-electron chi connectivity index (χ3n) is 3.28. The summed E-state index contributed by atoms with van der Waals surface area (Å²) in [6.07, 6.45) is -2.35. The van der Waals surface area contributed by atoms with Crippen LogP contribution in [0.15, 0.2) is 24.3 Å². The van der Waals surface area contributed by atoms with Gasteiger partial charge in [0.1, 0.15) is 5.82 Å². The first kappa shape index (κ1) is 17.0. The first-order valence-corrected chi connectivity index (χ1v) is 6.90. The number of halogens is 3. The van der Waals surface area contributed by atoms with Crippen LogP contribution in [0.3, 0.4) is 0 Å². The normalized spacial score (nSPS) is 14.8. The summed E-state index contributed by atoms with van der Waals surface area (Å²) in [5.74, 6) is -0.239. The van der Waals surface area contributed by atoms with Crippen LogP contribution in [-0.2, 0) is 0 Å². The van der Waals surface area contributed by atoms with Crippen LogP contribution < -0.4 is 5.32 Å². The van der Waals surface area contributed by atoms with Crippen LogP contribution in [0.2, 0.25) is 0 Å². The lowest BCUT2D eigenvalue weighted by Gasteiger charge is -2.29. The van der Waals surface area contributed by atoms with Crippen molar-refractivity contribution in [1.29, 1.82) is 0 Å². The van der Waals surface area contributed by atoms with Gasteiger partial charge in [0.05, 0.1) is 6.54 Å². The van der Waals surface area contributed by atoms with Gasteiger partial charge in [-0.05, 0) is 25.6 Å². The SMILES string of the molecule is CCNC(c1ccccc1F)C(C)CN(C)CC(F)F. The van der Waals surface area contributed by atoms with Gasteiger partial charge in [-0.15, -0.1) is 0 Å². The summed E-state index contributed by atoms with van der Waals surface area (Å²) in [7, 11) is 1.66. The molecule has 0 aliphatic heterocycles. The lowest BCUT2D eigenvalue weighted by Crippen LogP contribution is -2.36. The van der Waals surface area contributed by atoms with Crippen LogP contribution in [0.25, 0.3) is 0 Å². The zero-order chi connectivity index (χ0) is 15.1. The zero-order valence-electron chi connectivity index (χ0n) is 12.2. The Morgan fingerprint density at radius 3 is 2.40 bits per heavy atom. The van der Waals surface area contributed by atoms with E-state index in [1.54, 1.807) is 30.1 Å². The van der Waals surface area contributed by atoms with Crippen molar-refractivity contribution in [3.05, 3.63) is 35.6 Å². The summed E-state index contributed by atoms with van der Waals surface area (Å²) in [4.78, 5) is 1.58. The average molecular weight is 288 g/mol. The number of benzene rings is 1. The minimum atomic E-state index is -2.35. The van der Waals surface area contributed by atoms with E-state index in [1.165, 1.54) is 6.07 Å². The molecule has 0 saturated heterocycles. The van der Waals surface area contributed by atoms with Crippen molar-refractivity contribution in [3.8, 4) is 0 Å². The van der Waals surface area contributed by atoms with Crippen molar-refractivity contribution >= 4 is 0 Å². The molecule has 0 aromatic heterocycles. The fourth-order valence-corrected chi connectivity index (χ4v) is 2.47. The van der Waals surface area contributed by atoms with Crippen LogP contribution in [0, 0.1) is 11.7 Å². The van der Waals surface area contributed by atoms with Crippen LogP contribution in [-0.4, -0.2) is 38.0 Å². The van der Waals surface area contributed by atoms with Crippen molar-refractivity contribution in [2.45, 2.75) is 26.3 Å². The molecule has 1 rings (SSSR count). The third-order valence-corrected chi connectivity index (χ3v) is 3.28.